The number of aryl methyl sites for hydroxylation is 2. The highest BCUT2D eigenvalue weighted by molar-refractivity contribution is 6.00. The molecule has 2 amide bonds. The summed E-state index contributed by atoms with van der Waals surface area (Å²) >= 11 is 0. The first-order valence-corrected chi connectivity index (χ1v) is 12.9. The van der Waals surface area contributed by atoms with Crippen molar-refractivity contribution in [3.8, 4) is 0 Å². The Morgan fingerprint density at radius 3 is 2.39 bits per heavy atom. The number of H-pyrrole nitrogens is 1. The van der Waals surface area contributed by atoms with Crippen LogP contribution in [0.1, 0.15) is 63.9 Å². The van der Waals surface area contributed by atoms with E-state index < -0.39 is 5.97 Å². The van der Waals surface area contributed by atoms with Crippen molar-refractivity contribution in [3.05, 3.63) is 52.3 Å². The van der Waals surface area contributed by atoms with Crippen molar-refractivity contribution in [2.24, 2.45) is 5.92 Å². The summed E-state index contributed by atoms with van der Waals surface area (Å²) in [5.41, 5.74) is 4.60. The van der Waals surface area contributed by atoms with Gasteiger partial charge in [0.2, 0.25) is 5.91 Å². The van der Waals surface area contributed by atoms with Crippen molar-refractivity contribution in [2.75, 3.05) is 44.7 Å². The molecule has 1 atom stereocenters. The fourth-order valence-electron chi connectivity index (χ4n) is 5.62. The van der Waals surface area contributed by atoms with Crippen LogP contribution in [0.25, 0.3) is 0 Å². The van der Waals surface area contributed by atoms with E-state index in [1.54, 1.807) is 13.8 Å². The molecule has 1 N–H and O–H groups in total. The maximum atomic E-state index is 13.1. The number of hydrogen-bond acceptors (Lipinski definition) is 5. The van der Waals surface area contributed by atoms with Gasteiger partial charge < -0.3 is 24.4 Å². The summed E-state index contributed by atoms with van der Waals surface area (Å²) in [4.78, 5) is 47.6. The summed E-state index contributed by atoms with van der Waals surface area (Å²) in [6.45, 7) is 11.4. The van der Waals surface area contributed by atoms with E-state index in [1.807, 2.05) is 9.80 Å². The molecule has 36 heavy (non-hydrogen) atoms. The van der Waals surface area contributed by atoms with Gasteiger partial charge in [-0.25, -0.2) is 4.79 Å². The molecule has 3 heterocycles. The monoisotopic (exact) mass is 494 g/mol. The Hall–Kier alpha value is -3.29. The number of benzene rings is 1. The number of amides is 2. The van der Waals surface area contributed by atoms with Gasteiger partial charge >= 0.3 is 5.97 Å². The number of anilines is 1. The number of piperazine rings is 1. The van der Waals surface area contributed by atoms with Crippen molar-refractivity contribution < 1.29 is 19.1 Å². The van der Waals surface area contributed by atoms with Gasteiger partial charge in [-0.1, -0.05) is 12.1 Å². The van der Waals surface area contributed by atoms with E-state index in [2.05, 4.69) is 48.0 Å². The molecule has 8 heteroatoms. The summed E-state index contributed by atoms with van der Waals surface area (Å²) < 4.78 is 4.85. The van der Waals surface area contributed by atoms with E-state index in [4.69, 9.17) is 4.74 Å². The van der Waals surface area contributed by atoms with Gasteiger partial charge in [0.25, 0.3) is 5.91 Å². The van der Waals surface area contributed by atoms with Crippen LogP contribution >= 0.6 is 0 Å². The molecule has 1 aromatic carbocycles. The van der Waals surface area contributed by atoms with E-state index in [0.29, 0.717) is 42.0 Å². The third-order valence-electron chi connectivity index (χ3n) is 7.72. The minimum Gasteiger partial charge on any atom is -0.465 e. The Morgan fingerprint density at radius 1 is 1.03 bits per heavy atom. The zero-order valence-electron chi connectivity index (χ0n) is 22.1. The van der Waals surface area contributed by atoms with Crippen LogP contribution in [0.4, 0.5) is 5.69 Å². The lowest BCUT2D eigenvalue weighted by atomic mass is 9.92. The van der Waals surface area contributed by atoms with Crippen LogP contribution < -0.4 is 4.90 Å². The van der Waals surface area contributed by atoms with Crippen molar-refractivity contribution >= 4 is 23.5 Å². The Morgan fingerprint density at radius 2 is 1.75 bits per heavy atom. The normalized spacial score (nSPS) is 18.9. The molecular weight excluding hydrogens is 456 g/mol. The summed E-state index contributed by atoms with van der Waals surface area (Å²) in [5.74, 6) is -0.0407. The van der Waals surface area contributed by atoms with Crippen LogP contribution in [0, 0.1) is 26.7 Å². The molecule has 2 saturated heterocycles. The van der Waals surface area contributed by atoms with Gasteiger partial charge in [0, 0.05) is 56.6 Å². The van der Waals surface area contributed by atoms with Crippen LogP contribution in [-0.2, 0) is 9.53 Å². The first-order chi connectivity index (χ1) is 17.2. The molecule has 1 aromatic heterocycles. The van der Waals surface area contributed by atoms with Crippen molar-refractivity contribution in [2.45, 2.75) is 53.0 Å². The number of carbonyl (C=O) groups excluding carboxylic acids is 3. The lowest BCUT2D eigenvalue weighted by Gasteiger charge is -2.42. The number of aromatic amines is 1. The molecule has 0 aliphatic carbocycles. The molecule has 0 bridgehead atoms. The van der Waals surface area contributed by atoms with Crippen LogP contribution in [0.2, 0.25) is 0 Å². The van der Waals surface area contributed by atoms with Crippen LogP contribution in [0.3, 0.4) is 0 Å². The number of ether oxygens (including phenoxy) is 1. The van der Waals surface area contributed by atoms with E-state index >= 15 is 0 Å². The zero-order valence-corrected chi connectivity index (χ0v) is 22.1. The molecule has 0 saturated carbocycles. The topological polar surface area (TPSA) is 85.9 Å². The summed E-state index contributed by atoms with van der Waals surface area (Å²) in [5, 5.41) is 0. The molecule has 1 unspecified atom stereocenters. The SMILES string of the molecule is COC(=O)c1c(C)[nH]c(C(=O)N2CCC(CC(=O)N3CCN(c4cccc(C)c4)C(C)C3)CC2)c1C. The first kappa shape index (κ1) is 25.8. The molecule has 8 nitrogen and oxygen atoms in total. The van der Waals surface area contributed by atoms with Crippen molar-refractivity contribution in [1.82, 2.24) is 14.8 Å². The number of aromatic nitrogens is 1. The Labute approximate surface area is 213 Å². The number of esters is 1. The quantitative estimate of drug-likeness (QED) is 0.641. The van der Waals surface area contributed by atoms with Gasteiger partial charge in [-0.2, -0.15) is 0 Å². The summed E-state index contributed by atoms with van der Waals surface area (Å²) in [6.07, 6.45) is 2.14. The van der Waals surface area contributed by atoms with Gasteiger partial charge in [-0.15, -0.1) is 0 Å². The van der Waals surface area contributed by atoms with E-state index in [9.17, 15) is 14.4 Å². The fraction of sp³-hybridized carbons (Fsp3) is 0.536. The fourth-order valence-corrected chi connectivity index (χ4v) is 5.62. The van der Waals surface area contributed by atoms with Gasteiger partial charge in [-0.3, -0.25) is 9.59 Å². The van der Waals surface area contributed by atoms with Crippen LogP contribution in [0.5, 0.6) is 0 Å². The molecule has 4 rings (SSSR count). The van der Waals surface area contributed by atoms with Gasteiger partial charge in [-0.05, 0) is 69.7 Å². The second-order valence-electron chi connectivity index (χ2n) is 10.3. The molecule has 2 aliphatic rings. The number of nitrogens with zero attached hydrogens (tertiary/aromatic N) is 3. The van der Waals surface area contributed by atoms with Gasteiger partial charge in [0.05, 0.1) is 12.7 Å². The number of hydrogen-bond donors (Lipinski definition) is 1. The largest absolute Gasteiger partial charge is 0.465 e. The van der Waals surface area contributed by atoms with Gasteiger partial charge in [0.1, 0.15) is 5.69 Å². The average Bonchev–Trinajstić information content (AvgIpc) is 3.17. The standard InChI is InChI=1S/C28H38N4O4/c1-18-7-6-8-23(15-18)32-14-13-31(17-19(32)2)24(33)16-22-9-11-30(12-10-22)27(34)26-20(3)25(21(4)29-26)28(35)36-5/h6-8,15,19,22,29H,9-14,16-17H2,1-5H3. The zero-order chi connectivity index (χ0) is 26.0. The summed E-state index contributed by atoms with van der Waals surface area (Å²) in [6, 6.07) is 8.80. The maximum absolute atomic E-state index is 13.1. The second kappa shape index (κ2) is 10.8. The predicted molar refractivity (Wildman–Crippen MR) is 139 cm³/mol. The van der Waals surface area contributed by atoms with E-state index in [1.165, 1.54) is 18.4 Å². The minimum absolute atomic E-state index is 0.100. The van der Waals surface area contributed by atoms with Crippen LogP contribution in [0.15, 0.2) is 24.3 Å². The number of piperidine rings is 1. The smallest absolute Gasteiger partial charge is 0.339 e. The Bertz CT molecular complexity index is 1130. The number of methoxy groups -OCH3 is 1. The second-order valence-corrected chi connectivity index (χ2v) is 10.3. The first-order valence-electron chi connectivity index (χ1n) is 12.9. The minimum atomic E-state index is -0.438. The third kappa shape index (κ3) is 5.27. The highest BCUT2D eigenvalue weighted by atomic mass is 16.5. The maximum Gasteiger partial charge on any atom is 0.339 e. The Kier molecular flexibility index (Phi) is 7.71. The average molecular weight is 495 g/mol. The molecule has 2 fully saturated rings. The summed E-state index contributed by atoms with van der Waals surface area (Å²) in [7, 11) is 1.34. The lowest BCUT2D eigenvalue weighted by Crippen LogP contribution is -2.54. The lowest BCUT2D eigenvalue weighted by molar-refractivity contribution is -0.133. The molecule has 194 valence electrons. The number of rotatable bonds is 5. The molecular formula is C28H38N4O4. The third-order valence-corrected chi connectivity index (χ3v) is 7.72. The number of nitrogens with one attached hydrogen (secondary N) is 1. The molecule has 0 spiro atoms. The van der Waals surface area contributed by atoms with E-state index in [-0.39, 0.29) is 23.8 Å². The highest BCUT2D eigenvalue weighted by Gasteiger charge is 2.32. The Balaban J connectivity index is 1.29. The highest BCUT2D eigenvalue weighted by Crippen LogP contribution is 2.27. The van der Waals surface area contributed by atoms with Crippen LogP contribution in [-0.4, -0.2) is 78.4 Å². The molecule has 2 aliphatic heterocycles. The molecule has 2 aromatic rings. The van der Waals surface area contributed by atoms with Crippen molar-refractivity contribution in [3.63, 3.8) is 0 Å². The predicted octanol–water partition coefficient (Wildman–Crippen LogP) is 3.71. The number of likely N-dealkylation sites (tertiary alicyclic amines) is 1. The molecule has 0 radical (unpaired) electrons. The number of carbonyl (C=O) groups is 3. The van der Waals surface area contributed by atoms with Gasteiger partial charge in [0.15, 0.2) is 0 Å². The van der Waals surface area contributed by atoms with E-state index in [0.717, 1.165) is 32.5 Å². The van der Waals surface area contributed by atoms with Crippen molar-refractivity contribution in [1.29, 1.82) is 0 Å².